The average Bonchev–Trinajstić information content (AvgIpc) is 3.33. The molecule has 1 N–H and O–H groups in total. The zero-order valence-electron chi connectivity index (χ0n) is 20.7. The first-order chi connectivity index (χ1) is 16.0. The molecule has 0 amide bonds. The Morgan fingerprint density at radius 2 is 1.91 bits per heavy atom. The summed E-state index contributed by atoms with van der Waals surface area (Å²) in [7, 11) is -1.53. The number of rotatable bonds is 6. The van der Waals surface area contributed by atoms with Crippen molar-refractivity contribution in [1.82, 2.24) is 19.7 Å². The molecule has 1 saturated heterocycles. The molecule has 8 heteroatoms. The van der Waals surface area contributed by atoms with Crippen LogP contribution in [-0.4, -0.2) is 73.6 Å². The van der Waals surface area contributed by atoms with Gasteiger partial charge in [-0.2, -0.15) is 0 Å². The van der Waals surface area contributed by atoms with E-state index in [1.807, 2.05) is 12.1 Å². The van der Waals surface area contributed by atoms with Gasteiger partial charge in [0.05, 0.1) is 23.1 Å². The first-order valence-electron chi connectivity index (χ1n) is 12.3. The van der Waals surface area contributed by atoms with Gasteiger partial charge in [-0.05, 0) is 66.6 Å². The van der Waals surface area contributed by atoms with E-state index in [0.29, 0.717) is 11.1 Å². The minimum atomic E-state index is -3.27. The van der Waals surface area contributed by atoms with Gasteiger partial charge < -0.3 is 19.7 Å². The van der Waals surface area contributed by atoms with Crippen molar-refractivity contribution < 1.29 is 8.42 Å². The third-order valence-corrected chi connectivity index (χ3v) is 8.25. The lowest BCUT2D eigenvalue weighted by Crippen LogP contribution is -2.44. The third-order valence-electron chi connectivity index (χ3n) is 7.41. The summed E-state index contributed by atoms with van der Waals surface area (Å²) in [6, 6.07) is 2.07. The molecular formula is C26H36N4O3S. The van der Waals surface area contributed by atoms with Crippen LogP contribution in [0, 0.1) is 5.41 Å². The summed E-state index contributed by atoms with van der Waals surface area (Å²) < 4.78 is 26.2. The topological polar surface area (TPSA) is 74.7 Å². The second-order valence-corrected chi connectivity index (χ2v) is 13.3. The molecule has 1 fully saturated rings. The maximum atomic E-state index is 13.3. The minimum Gasteiger partial charge on any atom is -0.384 e. The van der Waals surface area contributed by atoms with Crippen molar-refractivity contribution in [3.05, 3.63) is 57.2 Å². The molecule has 0 saturated carbocycles. The van der Waals surface area contributed by atoms with Crippen LogP contribution in [-0.2, 0) is 16.9 Å². The molecule has 0 radical (unpaired) electrons. The number of nitrogens with zero attached hydrogens (tertiary/aromatic N) is 3. The van der Waals surface area contributed by atoms with Crippen molar-refractivity contribution in [1.29, 1.82) is 0 Å². The fourth-order valence-electron chi connectivity index (χ4n) is 6.14. The predicted octanol–water partition coefficient (Wildman–Crippen LogP) is 2.22. The molecule has 5 rings (SSSR count). The van der Waals surface area contributed by atoms with Gasteiger partial charge in [-0.15, -0.1) is 0 Å². The highest BCUT2D eigenvalue weighted by Gasteiger charge is 2.40. The molecule has 1 aromatic rings. The number of aromatic nitrogens is 1. The zero-order chi connectivity index (χ0) is 24.3. The normalized spacial score (nSPS) is 22.7. The first-order valence-corrected chi connectivity index (χ1v) is 14.4. The van der Waals surface area contributed by atoms with Gasteiger partial charge in [0.25, 0.3) is 5.56 Å². The Labute approximate surface area is 202 Å². The lowest BCUT2D eigenvalue weighted by atomic mass is 9.89. The van der Waals surface area contributed by atoms with Gasteiger partial charge in [0.15, 0.2) is 9.84 Å². The Kier molecular flexibility index (Phi) is 5.80. The Balaban J connectivity index is 1.59. The van der Waals surface area contributed by atoms with Gasteiger partial charge >= 0.3 is 0 Å². The summed E-state index contributed by atoms with van der Waals surface area (Å²) in [5.74, 6) is -0.0871. The maximum absolute atomic E-state index is 13.3. The smallest absolute Gasteiger partial charge is 0.260 e. The number of sulfone groups is 1. The number of aryl methyl sites for hydroxylation is 1. The van der Waals surface area contributed by atoms with E-state index in [1.165, 1.54) is 32.2 Å². The molecule has 184 valence electrons. The van der Waals surface area contributed by atoms with Gasteiger partial charge in [0.1, 0.15) is 0 Å². The van der Waals surface area contributed by atoms with Crippen molar-refractivity contribution in [2.24, 2.45) is 12.5 Å². The largest absolute Gasteiger partial charge is 0.384 e. The SMILES string of the molecule is Cn1ccc2c(c1=O)C1=C3C(=CN(CC(C)(C)CN4CCCC4)C3CCN1)C=C2CS(C)(=O)=O. The number of hydrogen-bond acceptors (Lipinski definition) is 6. The van der Waals surface area contributed by atoms with Crippen LogP contribution in [0.2, 0.25) is 0 Å². The highest BCUT2D eigenvalue weighted by atomic mass is 32.2. The van der Waals surface area contributed by atoms with Crippen LogP contribution in [0.15, 0.2) is 40.5 Å². The third kappa shape index (κ3) is 4.38. The fraction of sp³-hybridized carbons (Fsp3) is 0.577. The number of nitrogens with one attached hydrogen (secondary N) is 1. The van der Waals surface area contributed by atoms with Crippen LogP contribution in [0.4, 0.5) is 0 Å². The van der Waals surface area contributed by atoms with Crippen molar-refractivity contribution in [2.45, 2.75) is 39.2 Å². The van der Waals surface area contributed by atoms with Gasteiger partial charge in [-0.1, -0.05) is 13.8 Å². The second-order valence-electron chi connectivity index (χ2n) is 11.2. The van der Waals surface area contributed by atoms with E-state index in [4.69, 9.17) is 0 Å². The summed E-state index contributed by atoms with van der Waals surface area (Å²) in [5.41, 5.74) is 5.07. The molecule has 1 atom stereocenters. The van der Waals surface area contributed by atoms with Gasteiger partial charge in [-0.25, -0.2) is 8.42 Å². The van der Waals surface area contributed by atoms with Crippen LogP contribution in [0.25, 0.3) is 11.3 Å². The number of hydrogen-bond donors (Lipinski definition) is 1. The summed E-state index contributed by atoms with van der Waals surface area (Å²) in [6.07, 6.45) is 10.7. The lowest BCUT2D eigenvalue weighted by Gasteiger charge is -2.38. The number of likely N-dealkylation sites (tertiary alicyclic amines) is 1. The lowest BCUT2D eigenvalue weighted by molar-refractivity contribution is 0.147. The van der Waals surface area contributed by atoms with Gasteiger partial charge in [0, 0.05) is 50.9 Å². The van der Waals surface area contributed by atoms with E-state index in [9.17, 15) is 13.2 Å². The summed E-state index contributed by atoms with van der Waals surface area (Å²) >= 11 is 0. The highest BCUT2D eigenvalue weighted by Crippen LogP contribution is 2.43. The second kappa shape index (κ2) is 8.41. The predicted molar refractivity (Wildman–Crippen MR) is 137 cm³/mol. The molecular weight excluding hydrogens is 448 g/mol. The Bertz CT molecular complexity index is 1260. The van der Waals surface area contributed by atoms with Crippen molar-refractivity contribution >= 4 is 21.1 Å². The van der Waals surface area contributed by atoms with E-state index in [1.54, 1.807) is 17.8 Å². The Hall–Kier alpha value is -2.32. The van der Waals surface area contributed by atoms with E-state index in [-0.39, 0.29) is 22.8 Å². The van der Waals surface area contributed by atoms with E-state index >= 15 is 0 Å². The molecule has 1 aliphatic carbocycles. The van der Waals surface area contributed by atoms with Gasteiger partial charge in [-0.3, -0.25) is 4.79 Å². The maximum Gasteiger partial charge on any atom is 0.260 e. The first kappa shape index (κ1) is 23.4. The molecule has 1 aromatic heterocycles. The van der Waals surface area contributed by atoms with Crippen LogP contribution in [0.5, 0.6) is 0 Å². The molecule has 1 unspecified atom stereocenters. The van der Waals surface area contributed by atoms with Crippen LogP contribution >= 0.6 is 0 Å². The number of allylic oxidation sites excluding steroid dienone is 1. The number of fused-ring (bicyclic) bond motifs is 2. The molecule has 0 aromatic carbocycles. The van der Waals surface area contributed by atoms with Crippen molar-refractivity contribution in [3.8, 4) is 0 Å². The summed E-state index contributed by atoms with van der Waals surface area (Å²) in [6.45, 7) is 9.82. The molecule has 0 spiro atoms. The Morgan fingerprint density at radius 3 is 2.62 bits per heavy atom. The van der Waals surface area contributed by atoms with Crippen LogP contribution in [0.3, 0.4) is 0 Å². The van der Waals surface area contributed by atoms with Gasteiger partial charge in [0.2, 0.25) is 0 Å². The monoisotopic (exact) mass is 484 g/mol. The molecule has 4 aliphatic rings. The fourth-order valence-corrected chi connectivity index (χ4v) is 6.94. The molecule has 34 heavy (non-hydrogen) atoms. The van der Waals surface area contributed by atoms with Crippen LogP contribution < -0.4 is 10.9 Å². The molecule has 7 nitrogen and oxygen atoms in total. The Morgan fingerprint density at radius 1 is 1.18 bits per heavy atom. The minimum absolute atomic E-state index is 0.0871. The highest BCUT2D eigenvalue weighted by molar-refractivity contribution is 7.91. The van der Waals surface area contributed by atoms with Crippen LogP contribution in [0.1, 0.15) is 44.2 Å². The summed E-state index contributed by atoms with van der Waals surface area (Å²) in [4.78, 5) is 18.4. The molecule has 0 bridgehead atoms. The number of pyridine rings is 1. The standard InChI is InChI=1S/C26H36N4O3S/c1-26(2,16-29-10-5-6-11-29)17-30-14-18-13-19(15-34(4,32)33)20-8-12-28(3)25(31)23(20)24-22(18)21(30)7-9-27-24/h8,12-14,21,27H,5-7,9-11,15-17H2,1-4H3. The van der Waals surface area contributed by atoms with E-state index < -0.39 is 9.84 Å². The van der Waals surface area contributed by atoms with Crippen molar-refractivity contribution in [2.75, 3.05) is 44.7 Å². The van der Waals surface area contributed by atoms with E-state index in [2.05, 4.69) is 35.2 Å². The van der Waals surface area contributed by atoms with E-state index in [0.717, 1.165) is 48.5 Å². The molecule has 4 heterocycles. The molecule has 3 aliphatic heterocycles. The summed E-state index contributed by atoms with van der Waals surface area (Å²) in [5, 5.41) is 3.52. The quantitative estimate of drug-likeness (QED) is 0.668. The average molecular weight is 485 g/mol. The van der Waals surface area contributed by atoms with Crippen molar-refractivity contribution in [3.63, 3.8) is 0 Å². The zero-order valence-corrected chi connectivity index (χ0v) is 21.5.